The summed E-state index contributed by atoms with van der Waals surface area (Å²) in [6.45, 7) is 2.66. The molecule has 0 spiro atoms. The minimum atomic E-state index is -0.479. The third-order valence-corrected chi connectivity index (χ3v) is 5.46. The first-order valence-corrected chi connectivity index (χ1v) is 9.79. The van der Waals surface area contributed by atoms with E-state index in [0.29, 0.717) is 18.0 Å². The van der Waals surface area contributed by atoms with Crippen LogP contribution in [-0.2, 0) is 4.74 Å². The van der Waals surface area contributed by atoms with Crippen LogP contribution >= 0.6 is 11.6 Å². The molecule has 5 atom stereocenters. The molecule has 2 aliphatic heterocycles. The van der Waals surface area contributed by atoms with Gasteiger partial charge in [0, 0.05) is 23.5 Å². The summed E-state index contributed by atoms with van der Waals surface area (Å²) in [6.07, 6.45) is 0.573. The molecule has 0 aromatic heterocycles. The number of rotatable bonds is 5. The number of nitrogens with one attached hydrogen (secondary N) is 6. The van der Waals surface area contributed by atoms with Crippen LogP contribution in [0.15, 0.2) is 24.3 Å². The van der Waals surface area contributed by atoms with Crippen molar-refractivity contribution in [1.29, 1.82) is 0 Å². The Bertz CT molecular complexity index is 688. The first-order valence-electron chi connectivity index (χ1n) is 9.41. The van der Waals surface area contributed by atoms with Crippen molar-refractivity contribution in [3.8, 4) is 0 Å². The number of carbonyl (C=O) groups excluding carboxylic acids is 2. The van der Waals surface area contributed by atoms with Crippen LogP contribution in [0.4, 0.5) is 9.59 Å². The quantitative estimate of drug-likeness (QED) is 0.434. The Balaban J connectivity index is 1.49. The van der Waals surface area contributed by atoms with Gasteiger partial charge in [0.1, 0.15) is 6.17 Å². The van der Waals surface area contributed by atoms with Crippen LogP contribution in [0.3, 0.4) is 0 Å². The molecule has 0 bridgehead atoms. The van der Waals surface area contributed by atoms with Crippen LogP contribution in [0.5, 0.6) is 0 Å². The average molecular weight is 411 g/mol. The van der Waals surface area contributed by atoms with Crippen LogP contribution in [0.25, 0.3) is 0 Å². The molecular weight excluding hydrogens is 384 g/mol. The lowest BCUT2D eigenvalue weighted by Gasteiger charge is -2.34. The van der Waals surface area contributed by atoms with E-state index in [1.807, 2.05) is 31.2 Å². The Morgan fingerprint density at radius 1 is 1.25 bits per heavy atom. The average Bonchev–Trinajstić information content (AvgIpc) is 3.08. The second-order valence-electron chi connectivity index (χ2n) is 7.00. The number of hydrazine groups is 1. The highest BCUT2D eigenvalue weighted by atomic mass is 35.5. The summed E-state index contributed by atoms with van der Waals surface area (Å²) in [5, 5.41) is 12.7. The molecule has 0 radical (unpaired) electrons. The van der Waals surface area contributed by atoms with Crippen molar-refractivity contribution in [2.45, 2.75) is 44.2 Å². The fourth-order valence-electron chi connectivity index (χ4n) is 3.67. The third-order valence-electron chi connectivity index (χ3n) is 5.21. The molecule has 2 heterocycles. The van der Waals surface area contributed by atoms with Crippen LogP contribution in [0.2, 0.25) is 5.02 Å². The van der Waals surface area contributed by atoms with E-state index in [1.165, 1.54) is 7.11 Å². The maximum Gasteiger partial charge on any atom is 0.408 e. The lowest BCUT2D eigenvalue weighted by molar-refractivity contribution is 0.158. The Kier molecular flexibility index (Phi) is 6.95. The molecule has 2 saturated heterocycles. The van der Waals surface area contributed by atoms with E-state index in [1.54, 1.807) is 0 Å². The largest absolute Gasteiger partial charge is 0.453 e. The standard InChI is InChI=1S/C18H27ClN6O3/c1-3-13(10-4-6-11(19)7-5-10)21-17(26)22-15-8-14-12(9-20-15)16(25-24-14)23-18(27)28-2/h4-7,12-16,20,24-25H,3,8-9H2,1-2H3,(H,23,27)(H2,21,22,26)/t12?,13-,14?,15?,16?/m1/s1. The minimum absolute atomic E-state index is 0.0893. The van der Waals surface area contributed by atoms with E-state index < -0.39 is 6.09 Å². The summed E-state index contributed by atoms with van der Waals surface area (Å²) >= 11 is 5.94. The van der Waals surface area contributed by atoms with Gasteiger partial charge in [-0.15, -0.1) is 0 Å². The van der Waals surface area contributed by atoms with Crippen LogP contribution in [0, 0.1) is 5.92 Å². The number of piperidine rings is 1. The van der Waals surface area contributed by atoms with Gasteiger partial charge < -0.3 is 20.7 Å². The van der Waals surface area contributed by atoms with E-state index in [2.05, 4.69) is 36.9 Å². The molecule has 28 heavy (non-hydrogen) atoms. The van der Waals surface area contributed by atoms with Crippen LogP contribution in [-0.4, -0.2) is 44.2 Å². The molecule has 2 fully saturated rings. The van der Waals surface area contributed by atoms with E-state index in [0.717, 1.165) is 12.0 Å². The summed E-state index contributed by atoms with van der Waals surface area (Å²) in [4.78, 5) is 23.9. The highest BCUT2D eigenvalue weighted by molar-refractivity contribution is 6.30. The molecule has 9 nitrogen and oxygen atoms in total. The van der Waals surface area contributed by atoms with Gasteiger partial charge in [0.15, 0.2) is 0 Å². The lowest BCUT2D eigenvalue weighted by atomic mass is 9.91. The minimum Gasteiger partial charge on any atom is -0.453 e. The predicted molar refractivity (Wildman–Crippen MR) is 105 cm³/mol. The molecule has 10 heteroatoms. The van der Waals surface area contributed by atoms with Crippen LogP contribution < -0.4 is 32.1 Å². The first kappa shape index (κ1) is 20.7. The number of urea groups is 1. The van der Waals surface area contributed by atoms with Gasteiger partial charge in [0.2, 0.25) is 0 Å². The Morgan fingerprint density at radius 2 is 2.00 bits per heavy atom. The van der Waals surface area contributed by atoms with Gasteiger partial charge in [0.25, 0.3) is 0 Å². The molecule has 0 saturated carbocycles. The Hall–Kier alpha value is -2.07. The van der Waals surface area contributed by atoms with Crippen molar-refractivity contribution < 1.29 is 14.3 Å². The predicted octanol–water partition coefficient (Wildman–Crippen LogP) is 1.18. The number of fused-ring (bicyclic) bond motifs is 1. The Labute approximate surface area is 169 Å². The van der Waals surface area contributed by atoms with Gasteiger partial charge in [-0.3, -0.25) is 10.7 Å². The number of carbonyl (C=O) groups is 2. The summed E-state index contributed by atoms with van der Waals surface area (Å²) in [5.74, 6) is 0.151. The van der Waals surface area contributed by atoms with Gasteiger partial charge in [-0.25, -0.2) is 15.0 Å². The monoisotopic (exact) mass is 410 g/mol. The van der Waals surface area contributed by atoms with Gasteiger partial charge in [-0.1, -0.05) is 30.7 Å². The number of amides is 3. The number of alkyl carbamates (subject to hydrolysis) is 1. The lowest BCUT2D eigenvalue weighted by Crippen LogP contribution is -2.59. The van der Waals surface area contributed by atoms with E-state index in [4.69, 9.17) is 11.6 Å². The fourth-order valence-corrected chi connectivity index (χ4v) is 3.79. The summed E-state index contributed by atoms with van der Waals surface area (Å²) in [6, 6.07) is 7.28. The van der Waals surface area contributed by atoms with Crippen molar-refractivity contribution >= 4 is 23.7 Å². The number of methoxy groups -OCH3 is 1. The molecule has 154 valence electrons. The van der Waals surface area contributed by atoms with Crippen molar-refractivity contribution in [1.82, 2.24) is 32.1 Å². The highest BCUT2D eigenvalue weighted by Gasteiger charge is 2.41. The van der Waals surface area contributed by atoms with Crippen molar-refractivity contribution in [3.63, 3.8) is 0 Å². The van der Waals surface area contributed by atoms with Gasteiger partial charge in [-0.2, -0.15) is 0 Å². The maximum absolute atomic E-state index is 12.5. The van der Waals surface area contributed by atoms with E-state index in [-0.39, 0.29) is 36.4 Å². The van der Waals surface area contributed by atoms with Gasteiger partial charge in [-0.05, 0) is 30.5 Å². The zero-order valence-electron chi connectivity index (χ0n) is 15.9. The van der Waals surface area contributed by atoms with Crippen LogP contribution in [0.1, 0.15) is 31.4 Å². The first-order chi connectivity index (χ1) is 13.5. The van der Waals surface area contributed by atoms with Crippen molar-refractivity contribution in [2.75, 3.05) is 13.7 Å². The number of hydrogen-bond acceptors (Lipinski definition) is 6. The molecule has 1 aromatic rings. The molecule has 6 N–H and O–H groups in total. The molecular formula is C18H27ClN6O3. The van der Waals surface area contributed by atoms with Crippen molar-refractivity contribution in [2.24, 2.45) is 5.92 Å². The number of hydrogen-bond donors (Lipinski definition) is 6. The number of benzene rings is 1. The molecule has 2 aliphatic rings. The summed E-state index contributed by atoms with van der Waals surface area (Å²) < 4.78 is 4.65. The number of halogens is 1. The molecule has 4 unspecified atom stereocenters. The summed E-state index contributed by atoms with van der Waals surface area (Å²) in [5.41, 5.74) is 7.26. The zero-order chi connectivity index (χ0) is 20.1. The van der Waals surface area contributed by atoms with Gasteiger partial charge >= 0.3 is 12.1 Å². The SMILES string of the molecule is CC[C@@H](NC(=O)NC1CC2NNC(NC(=O)OC)C2CN1)c1ccc(Cl)cc1. The molecule has 3 rings (SSSR count). The zero-order valence-corrected chi connectivity index (χ0v) is 16.7. The number of ether oxygens (including phenoxy) is 1. The third kappa shape index (κ3) is 5.05. The van der Waals surface area contributed by atoms with Gasteiger partial charge in [0.05, 0.1) is 19.3 Å². The second-order valence-corrected chi connectivity index (χ2v) is 7.44. The van der Waals surface area contributed by atoms with Crippen molar-refractivity contribution in [3.05, 3.63) is 34.9 Å². The fraction of sp³-hybridized carbons (Fsp3) is 0.556. The summed E-state index contributed by atoms with van der Waals surface area (Å²) in [7, 11) is 1.33. The van der Waals surface area contributed by atoms with E-state index in [9.17, 15) is 9.59 Å². The highest BCUT2D eigenvalue weighted by Crippen LogP contribution is 2.22. The normalized spacial score (nSPS) is 27.4. The topological polar surface area (TPSA) is 116 Å². The molecule has 1 aromatic carbocycles. The molecule has 0 aliphatic carbocycles. The second kappa shape index (κ2) is 9.42. The smallest absolute Gasteiger partial charge is 0.408 e. The Morgan fingerprint density at radius 3 is 2.68 bits per heavy atom. The maximum atomic E-state index is 12.5. The molecule has 3 amide bonds. The van der Waals surface area contributed by atoms with E-state index >= 15 is 0 Å².